The lowest BCUT2D eigenvalue weighted by molar-refractivity contribution is -0.0273. The predicted molar refractivity (Wildman–Crippen MR) is 167 cm³/mol. The molecule has 0 bridgehead atoms. The Labute approximate surface area is 248 Å². The number of hydrogen-bond donors (Lipinski definition) is 0. The normalized spacial score (nSPS) is 24.2. The molecule has 0 amide bonds. The second-order valence-corrected chi connectivity index (χ2v) is 21.0. The summed E-state index contributed by atoms with van der Waals surface area (Å²) in [5.74, 6) is 0.142. The topological polar surface area (TPSA) is 78.9 Å². The molecule has 0 spiro atoms. The molecule has 9 heteroatoms. The van der Waals surface area contributed by atoms with Gasteiger partial charge in [-0.25, -0.2) is 4.79 Å². The summed E-state index contributed by atoms with van der Waals surface area (Å²) in [5.41, 5.74) is 0.251. The molecule has 1 aromatic rings. The molecule has 1 aromatic heterocycles. The van der Waals surface area contributed by atoms with Crippen LogP contribution in [0.5, 0.6) is 0 Å². The average Bonchev–Trinajstić information content (AvgIpc) is 3.44. The Kier molecular flexibility index (Phi) is 11.3. The predicted octanol–water partition coefficient (Wildman–Crippen LogP) is 8.15. The minimum atomic E-state index is -3.53. The molecule has 6 nitrogen and oxygen atoms in total. The Morgan fingerprint density at radius 1 is 1.23 bits per heavy atom. The first-order valence-corrected chi connectivity index (χ1v) is 20.5. The van der Waals surface area contributed by atoms with Gasteiger partial charge < -0.3 is 9.16 Å². The van der Waals surface area contributed by atoms with E-state index in [4.69, 9.17) is 13.3 Å². The van der Waals surface area contributed by atoms with E-state index in [0.29, 0.717) is 10.8 Å². The van der Waals surface area contributed by atoms with Gasteiger partial charge in [0.2, 0.25) is 0 Å². The van der Waals surface area contributed by atoms with Crippen LogP contribution in [-0.4, -0.2) is 48.3 Å². The first-order valence-electron chi connectivity index (χ1n) is 15.0. The second-order valence-electron chi connectivity index (χ2n) is 13.5. The van der Waals surface area contributed by atoms with Crippen molar-refractivity contribution < 1.29 is 26.6 Å². The van der Waals surface area contributed by atoms with Gasteiger partial charge in [-0.15, -0.1) is 11.3 Å². The highest BCUT2D eigenvalue weighted by atomic mass is 32.2. The zero-order valence-corrected chi connectivity index (χ0v) is 28.6. The van der Waals surface area contributed by atoms with Crippen molar-refractivity contribution in [2.45, 2.75) is 122 Å². The van der Waals surface area contributed by atoms with Gasteiger partial charge in [0.25, 0.3) is 10.1 Å². The molecule has 2 saturated carbocycles. The average molecular weight is 613 g/mol. The first kappa shape index (κ1) is 33.5. The Balaban J connectivity index is 1.71. The molecule has 4 atom stereocenters. The van der Waals surface area contributed by atoms with Crippen LogP contribution in [0.25, 0.3) is 0 Å². The highest BCUT2D eigenvalue weighted by Crippen LogP contribution is 2.51. The molecule has 0 radical (unpaired) electrons. The third-order valence-electron chi connectivity index (χ3n) is 9.83. The smallest absolute Gasteiger partial charge is 0.348 e. The van der Waals surface area contributed by atoms with E-state index in [1.165, 1.54) is 42.6 Å². The number of aryl methyl sites for hydroxylation is 1. The molecule has 0 aromatic carbocycles. The number of ether oxygens (including phenoxy) is 1. The SMILES string of the molecule is CCC1(C(CC=C[C@@H]2[C@@H](CCCc3ccc(C(=O)OC)s3)CC[C@H]2OS(C)(=O)=O)O[Si](C)(C)C(C)(C)C)CCC1. The number of carbonyl (C=O) groups is 1. The number of carbonyl (C=O) groups excluding carboxylic acids is 1. The fraction of sp³-hybridized carbons (Fsp3) is 0.774. The third kappa shape index (κ3) is 8.52. The van der Waals surface area contributed by atoms with Gasteiger partial charge in [0, 0.05) is 10.8 Å². The van der Waals surface area contributed by atoms with Crippen LogP contribution in [-0.2, 0) is 29.9 Å². The van der Waals surface area contributed by atoms with E-state index >= 15 is 0 Å². The lowest BCUT2D eigenvalue weighted by Crippen LogP contribution is -2.51. The monoisotopic (exact) mass is 612 g/mol. The van der Waals surface area contributed by atoms with E-state index in [1.807, 2.05) is 12.1 Å². The maximum Gasteiger partial charge on any atom is 0.348 e. The first-order chi connectivity index (χ1) is 18.6. The third-order valence-corrected chi connectivity index (χ3v) is 16.0. The lowest BCUT2D eigenvalue weighted by Gasteiger charge is -2.51. The quantitative estimate of drug-likeness (QED) is 0.0913. The highest BCUT2D eigenvalue weighted by molar-refractivity contribution is 7.86. The van der Waals surface area contributed by atoms with Gasteiger partial charge in [-0.3, -0.25) is 4.18 Å². The van der Waals surface area contributed by atoms with Gasteiger partial charge in [0.05, 0.1) is 25.6 Å². The van der Waals surface area contributed by atoms with Crippen LogP contribution in [0.3, 0.4) is 0 Å². The molecule has 228 valence electrons. The van der Waals surface area contributed by atoms with Crippen molar-refractivity contribution in [2.75, 3.05) is 13.4 Å². The summed E-state index contributed by atoms with van der Waals surface area (Å²) in [6.45, 7) is 13.9. The molecule has 1 unspecified atom stereocenters. The minimum absolute atomic E-state index is 0.0659. The van der Waals surface area contributed by atoms with Gasteiger partial charge >= 0.3 is 5.97 Å². The minimum Gasteiger partial charge on any atom is -0.465 e. The molecule has 0 aliphatic heterocycles. The molecule has 1 heterocycles. The van der Waals surface area contributed by atoms with Gasteiger partial charge in [0.15, 0.2) is 8.32 Å². The molecule has 3 rings (SSSR count). The fourth-order valence-electron chi connectivity index (χ4n) is 6.13. The van der Waals surface area contributed by atoms with Gasteiger partial charge in [-0.1, -0.05) is 46.3 Å². The van der Waals surface area contributed by atoms with E-state index in [-0.39, 0.29) is 34.5 Å². The van der Waals surface area contributed by atoms with Crippen LogP contribution in [0.1, 0.15) is 100 Å². The molecule has 2 aliphatic carbocycles. The molecule has 0 N–H and O–H groups in total. The van der Waals surface area contributed by atoms with E-state index in [1.54, 1.807) is 0 Å². The number of thiophene rings is 1. The Hall–Kier alpha value is -1.00. The zero-order valence-electron chi connectivity index (χ0n) is 26.0. The summed E-state index contributed by atoms with van der Waals surface area (Å²) in [6.07, 6.45) is 15.9. The van der Waals surface area contributed by atoms with Crippen molar-refractivity contribution in [1.82, 2.24) is 0 Å². The lowest BCUT2D eigenvalue weighted by atomic mass is 9.63. The highest BCUT2D eigenvalue weighted by Gasteiger charge is 2.48. The summed E-state index contributed by atoms with van der Waals surface area (Å²) >= 11 is 1.49. The Bertz CT molecular complexity index is 1110. The summed E-state index contributed by atoms with van der Waals surface area (Å²) < 4.78 is 41.6. The molecular formula is C31H52O6S2Si. The summed E-state index contributed by atoms with van der Waals surface area (Å²) in [4.78, 5) is 13.6. The molecular weight excluding hydrogens is 561 g/mol. The molecule has 0 saturated heterocycles. The van der Waals surface area contributed by atoms with Crippen molar-refractivity contribution in [3.05, 3.63) is 34.0 Å². The van der Waals surface area contributed by atoms with Gasteiger partial charge in [-0.2, -0.15) is 8.42 Å². The van der Waals surface area contributed by atoms with Gasteiger partial charge in [0.1, 0.15) is 4.88 Å². The van der Waals surface area contributed by atoms with Crippen LogP contribution in [0.2, 0.25) is 18.1 Å². The molecule has 40 heavy (non-hydrogen) atoms. The van der Waals surface area contributed by atoms with E-state index in [2.05, 4.69) is 52.9 Å². The van der Waals surface area contributed by atoms with Crippen molar-refractivity contribution in [3.8, 4) is 0 Å². The molecule has 2 aliphatic rings. The summed E-state index contributed by atoms with van der Waals surface area (Å²) in [6, 6.07) is 3.83. The van der Waals surface area contributed by atoms with E-state index < -0.39 is 18.4 Å². The van der Waals surface area contributed by atoms with Gasteiger partial charge in [-0.05, 0) is 99.4 Å². The maximum atomic E-state index is 12.1. The van der Waals surface area contributed by atoms with Crippen LogP contribution >= 0.6 is 11.3 Å². The van der Waals surface area contributed by atoms with Crippen molar-refractivity contribution in [1.29, 1.82) is 0 Å². The van der Waals surface area contributed by atoms with E-state index in [0.717, 1.165) is 51.2 Å². The van der Waals surface area contributed by atoms with Crippen molar-refractivity contribution in [2.24, 2.45) is 17.3 Å². The Morgan fingerprint density at radius 2 is 1.93 bits per heavy atom. The zero-order chi connectivity index (χ0) is 29.8. The van der Waals surface area contributed by atoms with Crippen LogP contribution in [0, 0.1) is 17.3 Å². The second kappa shape index (κ2) is 13.5. The number of esters is 1. The Morgan fingerprint density at radius 3 is 2.48 bits per heavy atom. The number of rotatable bonds is 14. The van der Waals surface area contributed by atoms with Crippen LogP contribution in [0.4, 0.5) is 0 Å². The van der Waals surface area contributed by atoms with Crippen LogP contribution < -0.4 is 0 Å². The van der Waals surface area contributed by atoms with Crippen molar-refractivity contribution >= 4 is 35.7 Å². The van der Waals surface area contributed by atoms with E-state index in [9.17, 15) is 13.2 Å². The fourth-order valence-corrected chi connectivity index (χ4v) is 9.18. The van der Waals surface area contributed by atoms with Crippen LogP contribution in [0.15, 0.2) is 24.3 Å². The number of hydrogen-bond acceptors (Lipinski definition) is 7. The standard InChI is InChI=1S/C31H52O6S2Si/c1-9-31(21-12-22-31)28(37-40(7,8)30(2,3)4)16-11-15-25-23(17-19-26(25)36-39(6,33)34)13-10-14-24-18-20-27(38-24)29(32)35-5/h11,15,18,20,23,25-26,28H,9-10,12-14,16-17,19,21-22H2,1-8H3/t23-,25+,26+,28?/m0/s1. The largest absolute Gasteiger partial charge is 0.465 e. The summed E-state index contributed by atoms with van der Waals surface area (Å²) in [7, 11) is -4.07. The molecule has 2 fully saturated rings. The summed E-state index contributed by atoms with van der Waals surface area (Å²) in [5, 5.41) is 0.152. The number of methoxy groups -OCH3 is 1. The maximum absolute atomic E-state index is 12.1. The van der Waals surface area contributed by atoms with Crippen molar-refractivity contribution in [3.63, 3.8) is 0 Å².